The number of nitrogens with one attached hydrogen (secondary N) is 1. The monoisotopic (exact) mass is 230 g/mol. The fraction of sp³-hybridized carbons (Fsp3) is 0.357. The highest BCUT2D eigenvalue weighted by molar-refractivity contribution is 5.98. The van der Waals surface area contributed by atoms with E-state index in [0.29, 0.717) is 0 Å². The van der Waals surface area contributed by atoms with E-state index in [1.807, 2.05) is 13.1 Å². The van der Waals surface area contributed by atoms with Gasteiger partial charge in [-0.1, -0.05) is 25.5 Å². The van der Waals surface area contributed by atoms with E-state index in [1.54, 1.807) is 0 Å². The highest BCUT2D eigenvalue weighted by atomic mass is 16.3. The average molecular weight is 230 g/mol. The fourth-order valence-electron chi connectivity index (χ4n) is 2.28. The molecule has 0 amide bonds. The van der Waals surface area contributed by atoms with Crippen LogP contribution in [0.2, 0.25) is 0 Å². The zero-order valence-corrected chi connectivity index (χ0v) is 10.5. The zero-order valence-electron chi connectivity index (χ0n) is 10.5. The number of hydrogen-bond donors (Lipinski definition) is 2. The van der Waals surface area contributed by atoms with Gasteiger partial charge in [-0.25, -0.2) is 4.98 Å². The first-order valence-corrected chi connectivity index (χ1v) is 5.97. The van der Waals surface area contributed by atoms with E-state index in [-0.39, 0.29) is 5.75 Å². The summed E-state index contributed by atoms with van der Waals surface area (Å²) in [5.74, 6) is 1.07. The van der Waals surface area contributed by atoms with Gasteiger partial charge in [-0.3, -0.25) is 0 Å². The molecule has 0 saturated heterocycles. The number of benzene rings is 1. The van der Waals surface area contributed by atoms with Crippen molar-refractivity contribution in [2.45, 2.75) is 26.7 Å². The molecule has 0 radical (unpaired) electrons. The number of hydrogen-bond acceptors (Lipinski definition) is 3. The SMILES string of the molecule is CCCc1ccc2c(NC)ncc(O)c2c1C. The minimum atomic E-state index is 0.259. The van der Waals surface area contributed by atoms with E-state index in [4.69, 9.17) is 0 Å². The summed E-state index contributed by atoms with van der Waals surface area (Å²) in [5, 5.41) is 14.9. The molecule has 2 aromatic rings. The first kappa shape index (κ1) is 11.7. The molecule has 0 fully saturated rings. The molecule has 0 bridgehead atoms. The van der Waals surface area contributed by atoms with Gasteiger partial charge < -0.3 is 10.4 Å². The van der Waals surface area contributed by atoms with Crippen LogP contribution in [0.15, 0.2) is 18.3 Å². The Morgan fingerprint density at radius 2 is 2.12 bits per heavy atom. The van der Waals surface area contributed by atoms with Crippen LogP contribution in [0.1, 0.15) is 24.5 Å². The predicted molar refractivity (Wildman–Crippen MR) is 71.7 cm³/mol. The Balaban J connectivity index is 2.75. The van der Waals surface area contributed by atoms with E-state index in [2.05, 4.69) is 30.2 Å². The van der Waals surface area contributed by atoms with E-state index < -0.39 is 0 Å². The maximum absolute atomic E-state index is 9.97. The Morgan fingerprint density at radius 1 is 1.35 bits per heavy atom. The molecule has 0 unspecified atom stereocenters. The molecule has 2 N–H and O–H groups in total. The maximum Gasteiger partial charge on any atom is 0.142 e. The summed E-state index contributed by atoms with van der Waals surface area (Å²) < 4.78 is 0. The Morgan fingerprint density at radius 3 is 2.76 bits per heavy atom. The van der Waals surface area contributed by atoms with E-state index in [0.717, 1.165) is 35.0 Å². The lowest BCUT2D eigenvalue weighted by molar-refractivity contribution is 0.479. The highest BCUT2D eigenvalue weighted by Gasteiger charge is 2.10. The number of rotatable bonds is 3. The minimum absolute atomic E-state index is 0.259. The van der Waals surface area contributed by atoms with Crippen molar-refractivity contribution in [1.29, 1.82) is 0 Å². The van der Waals surface area contributed by atoms with Crippen LogP contribution < -0.4 is 5.32 Å². The first-order chi connectivity index (χ1) is 8.19. The van der Waals surface area contributed by atoms with Crippen LogP contribution in [0.25, 0.3) is 10.8 Å². The molecule has 0 aliphatic carbocycles. The molecule has 0 atom stereocenters. The molecule has 0 aliphatic rings. The van der Waals surface area contributed by atoms with Crippen LogP contribution in [0.4, 0.5) is 5.82 Å². The molecule has 2 rings (SSSR count). The third-order valence-corrected chi connectivity index (χ3v) is 3.16. The summed E-state index contributed by atoms with van der Waals surface area (Å²) in [5.41, 5.74) is 2.45. The number of aryl methyl sites for hydroxylation is 2. The van der Waals surface area contributed by atoms with Crippen LogP contribution >= 0.6 is 0 Å². The number of aromatic nitrogens is 1. The van der Waals surface area contributed by atoms with Crippen molar-refractivity contribution < 1.29 is 5.11 Å². The topological polar surface area (TPSA) is 45.2 Å². The average Bonchev–Trinajstić information content (AvgIpc) is 2.33. The molecular formula is C14H18N2O. The summed E-state index contributed by atoms with van der Waals surface area (Å²) in [6, 6.07) is 4.16. The standard InChI is InChI=1S/C14H18N2O/c1-4-5-10-6-7-11-13(9(10)2)12(17)8-16-14(11)15-3/h6-8,17H,4-5H2,1-3H3,(H,15,16). The largest absolute Gasteiger partial charge is 0.506 e. The number of aromatic hydroxyl groups is 1. The molecule has 90 valence electrons. The molecule has 1 aromatic carbocycles. The third-order valence-electron chi connectivity index (χ3n) is 3.16. The fourth-order valence-corrected chi connectivity index (χ4v) is 2.28. The summed E-state index contributed by atoms with van der Waals surface area (Å²) in [7, 11) is 1.84. The van der Waals surface area contributed by atoms with Gasteiger partial charge in [-0.15, -0.1) is 0 Å². The smallest absolute Gasteiger partial charge is 0.142 e. The summed E-state index contributed by atoms with van der Waals surface area (Å²) >= 11 is 0. The summed E-state index contributed by atoms with van der Waals surface area (Å²) in [6.07, 6.45) is 3.66. The van der Waals surface area contributed by atoms with E-state index in [1.165, 1.54) is 11.8 Å². The van der Waals surface area contributed by atoms with Crippen LogP contribution in [0.3, 0.4) is 0 Å². The summed E-state index contributed by atoms with van der Waals surface area (Å²) in [4.78, 5) is 4.18. The highest BCUT2D eigenvalue weighted by Crippen LogP contribution is 2.33. The second-order valence-corrected chi connectivity index (χ2v) is 4.26. The predicted octanol–water partition coefficient (Wildman–Crippen LogP) is 3.24. The van der Waals surface area contributed by atoms with Crippen molar-refractivity contribution in [3.63, 3.8) is 0 Å². The molecule has 0 spiro atoms. The molecule has 1 aromatic heterocycles. The number of pyridine rings is 1. The number of fused-ring (bicyclic) bond motifs is 1. The maximum atomic E-state index is 9.97. The Labute approximate surface area is 102 Å². The van der Waals surface area contributed by atoms with Crippen molar-refractivity contribution in [2.75, 3.05) is 12.4 Å². The molecule has 3 heteroatoms. The van der Waals surface area contributed by atoms with Crippen molar-refractivity contribution in [2.24, 2.45) is 0 Å². The Hall–Kier alpha value is -1.77. The summed E-state index contributed by atoms with van der Waals surface area (Å²) in [6.45, 7) is 4.22. The van der Waals surface area contributed by atoms with E-state index in [9.17, 15) is 5.11 Å². The van der Waals surface area contributed by atoms with Gasteiger partial charge >= 0.3 is 0 Å². The second kappa shape index (κ2) is 4.62. The molecule has 17 heavy (non-hydrogen) atoms. The van der Waals surface area contributed by atoms with Crippen LogP contribution in [0.5, 0.6) is 5.75 Å². The third kappa shape index (κ3) is 1.93. The number of anilines is 1. The Kier molecular flexibility index (Phi) is 3.18. The lowest BCUT2D eigenvalue weighted by Gasteiger charge is -2.12. The van der Waals surface area contributed by atoms with Crippen molar-refractivity contribution >= 4 is 16.6 Å². The van der Waals surface area contributed by atoms with Crippen LogP contribution in [-0.4, -0.2) is 17.1 Å². The van der Waals surface area contributed by atoms with Gasteiger partial charge in [0.05, 0.1) is 6.20 Å². The zero-order chi connectivity index (χ0) is 12.4. The van der Waals surface area contributed by atoms with Gasteiger partial charge in [-0.05, 0) is 24.5 Å². The van der Waals surface area contributed by atoms with E-state index >= 15 is 0 Å². The van der Waals surface area contributed by atoms with Crippen molar-refractivity contribution in [3.05, 3.63) is 29.5 Å². The molecule has 1 heterocycles. The molecular weight excluding hydrogens is 212 g/mol. The molecule has 0 aliphatic heterocycles. The minimum Gasteiger partial charge on any atom is -0.506 e. The second-order valence-electron chi connectivity index (χ2n) is 4.26. The Bertz CT molecular complexity index is 549. The van der Waals surface area contributed by atoms with Gasteiger partial charge in [0.1, 0.15) is 11.6 Å². The van der Waals surface area contributed by atoms with Crippen molar-refractivity contribution in [3.8, 4) is 5.75 Å². The molecule has 3 nitrogen and oxygen atoms in total. The van der Waals surface area contributed by atoms with Crippen molar-refractivity contribution in [1.82, 2.24) is 4.98 Å². The van der Waals surface area contributed by atoms with Gasteiger partial charge in [0, 0.05) is 17.8 Å². The first-order valence-electron chi connectivity index (χ1n) is 5.97. The lowest BCUT2D eigenvalue weighted by atomic mass is 9.97. The van der Waals surface area contributed by atoms with Gasteiger partial charge in [0.15, 0.2) is 0 Å². The van der Waals surface area contributed by atoms with Gasteiger partial charge in [0.25, 0.3) is 0 Å². The van der Waals surface area contributed by atoms with Crippen LogP contribution in [-0.2, 0) is 6.42 Å². The normalized spacial score (nSPS) is 10.8. The van der Waals surface area contributed by atoms with Crippen LogP contribution in [0, 0.1) is 6.92 Å². The quantitative estimate of drug-likeness (QED) is 0.850. The van der Waals surface area contributed by atoms with Gasteiger partial charge in [0.2, 0.25) is 0 Å². The lowest BCUT2D eigenvalue weighted by Crippen LogP contribution is -1.96. The van der Waals surface area contributed by atoms with Gasteiger partial charge in [-0.2, -0.15) is 0 Å². The molecule has 0 saturated carbocycles. The number of nitrogens with zero attached hydrogens (tertiary/aromatic N) is 1.